The zero-order chi connectivity index (χ0) is 14.6. The van der Waals surface area contributed by atoms with E-state index in [-0.39, 0.29) is 5.75 Å². The Bertz CT molecular complexity index is 370. The maximum atomic E-state index is 11.1. The lowest BCUT2D eigenvalue weighted by molar-refractivity contribution is -0.187. The molecule has 0 saturated carbocycles. The zero-order valence-electron chi connectivity index (χ0n) is 10.8. The predicted octanol–water partition coefficient (Wildman–Crippen LogP) is -0.153. The van der Waals surface area contributed by atoms with Crippen molar-refractivity contribution in [2.75, 3.05) is 5.75 Å². The molecular formula is C11H16O7S. The molecule has 1 heterocycles. The van der Waals surface area contributed by atoms with Gasteiger partial charge in [0.05, 0.1) is 0 Å². The van der Waals surface area contributed by atoms with Crippen LogP contribution in [-0.4, -0.2) is 52.5 Å². The molecule has 1 saturated heterocycles. The van der Waals surface area contributed by atoms with E-state index in [4.69, 9.17) is 14.2 Å². The second kappa shape index (κ2) is 6.76. The Labute approximate surface area is 114 Å². The van der Waals surface area contributed by atoms with E-state index in [9.17, 15) is 19.5 Å². The van der Waals surface area contributed by atoms with Crippen LogP contribution in [-0.2, 0) is 28.6 Å². The fourth-order valence-electron chi connectivity index (χ4n) is 1.72. The van der Waals surface area contributed by atoms with Crippen LogP contribution in [0.1, 0.15) is 20.8 Å². The average molecular weight is 292 g/mol. The highest BCUT2D eigenvalue weighted by Crippen LogP contribution is 2.30. The molecule has 4 atom stereocenters. The summed E-state index contributed by atoms with van der Waals surface area (Å²) in [7, 11) is 0. The van der Waals surface area contributed by atoms with Crippen LogP contribution in [0.25, 0.3) is 0 Å². The minimum absolute atomic E-state index is 0.246. The van der Waals surface area contributed by atoms with Crippen LogP contribution >= 0.6 is 11.8 Å². The first-order chi connectivity index (χ1) is 8.81. The molecule has 108 valence electrons. The highest BCUT2D eigenvalue weighted by atomic mass is 32.2. The Balaban J connectivity index is 2.89. The van der Waals surface area contributed by atoms with Gasteiger partial charge in [-0.1, -0.05) is 0 Å². The summed E-state index contributed by atoms with van der Waals surface area (Å²) in [6.07, 6.45) is -2.84. The van der Waals surface area contributed by atoms with Gasteiger partial charge in [-0.25, -0.2) is 0 Å². The summed E-state index contributed by atoms with van der Waals surface area (Å²) >= 11 is 1.06. The lowest BCUT2D eigenvalue weighted by Gasteiger charge is -2.38. The van der Waals surface area contributed by atoms with Crippen LogP contribution in [0.15, 0.2) is 0 Å². The third-order valence-corrected chi connectivity index (χ3v) is 3.45. The first-order valence-corrected chi connectivity index (χ1v) is 6.67. The Kier molecular flexibility index (Phi) is 5.61. The molecule has 7 nitrogen and oxygen atoms in total. The fourth-order valence-corrected chi connectivity index (χ4v) is 2.77. The molecule has 0 unspecified atom stereocenters. The normalized spacial score (nSPS) is 30.3. The van der Waals surface area contributed by atoms with Gasteiger partial charge >= 0.3 is 17.9 Å². The molecule has 1 N–H and O–H groups in total. The largest absolute Gasteiger partial charge is 0.458 e. The van der Waals surface area contributed by atoms with Crippen molar-refractivity contribution in [2.45, 2.75) is 44.5 Å². The van der Waals surface area contributed by atoms with Crippen LogP contribution in [0.5, 0.6) is 0 Å². The monoisotopic (exact) mass is 292 g/mol. The Morgan fingerprint density at radius 1 is 0.947 bits per heavy atom. The van der Waals surface area contributed by atoms with Gasteiger partial charge in [0.25, 0.3) is 0 Å². The van der Waals surface area contributed by atoms with Crippen molar-refractivity contribution in [3.63, 3.8) is 0 Å². The highest BCUT2D eigenvalue weighted by molar-refractivity contribution is 7.99. The molecule has 19 heavy (non-hydrogen) atoms. The van der Waals surface area contributed by atoms with Crippen LogP contribution in [0.3, 0.4) is 0 Å². The van der Waals surface area contributed by atoms with E-state index < -0.39 is 41.7 Å². The molecule has 1 rings (SSSR count). The van der Waals surface area contributed by atoms with E-state index in [2.05, 4.69) is 0 Å². The van der Waals surface area contributed by atoms with Crippen LogP contribution < -0.4 is 0 Å². The van der Waals surface area contributed by atoms with Crippen molar-refractivity contribution >= 4 is 29.7 Å². The van der Waals surface area contributed by atoms with Gasteiger partial charge in [-0.15, -0.1) is 11.8 Å². The van der Waals surface area contributed by atoms with Crippen molar-refractivity contribution in [3.05, 3.63) is 0 Å². The molecule has 0 amide bonds. The molecule has 0 radical (unpaired) electrons. The second-order valence-corrected chi connectivity index (χ2v) is 5.17. The summed E-state index contributed by atoms with van der Waals surface area (Å²) in [6.45, 7) is 3.59. The van der Waals surface area contributed by atoms with Gasteiger partial charge in [-0.05, 0) is 0 Å². The van der Waals surface area contributed by atoms with Gasteiger partial charge in [0, 0.05) is 26.5 Å². The smallest absolute Gasteiger partial charge is 0.303 e. The number of carbonyl (C=O) groups excluding carboxylic acids is 3. The fraction of sp³-hybridized carbons (Fsp3) is 0.727. The quantitative estimate of drug-likeness (QED) is 0.566. The maximum absolute atomic E-state index is 11.1. The predicted molar refractivity (Wildman–Crippen MR) is 65.1 cm³/mol. The standard InChI is InChI=1S/C11H16O7S/c1-5(12)16-8-4-19-11(15)10(18-7(3)14)9(8)17-6(2)13/h8-11,15H,4H2,1-3H3/t8-,9+,10-,11-/m0/s1. The number of hydrogen-bond donors (Lipinski definition) is 1. The lowest BCUT2D eigenvalue weighted by atomic mass is 10.1. The molecular weight excluding hydrogens is 276 g/mol. The van der Waals surface area contributed by atoms with E-state index in [1.807, 2.05) is 0 Å². The average Bonchev–Trinajstić information content (AvgIpc) is 2.25. The van der Waals surface area contributed by atoms with Crippen molar-refractivity contribution in [2.24, 2.45) is 0 Å². The van der Waals surface area contributed by atoms with Crippen LogP contribution in [0.2, 0.25) is 0 Å². The molecule has 1 fully saturated rings. The summed E-state index contributed by atoms with van der Waals surface area (Å²) in [6, 6.07) is 0. The minimum Gasteiger partial charge on any atom is -0.458 e. The summed E-state index contributed by atoms with van der Waals surface area (Å²) in [5.41, 5.74) is -1.04. The minimum atomic E-state index is -1.07. The molecule has 0 aromatic carbocycles. The van der Waals surface area contributed by atoms with Gasteiger partial charge in [0.15, 0.2) is 18.3 Å². The van der Waals surface area contributed by atoms with Crippen molar-refractivity contribution in [1.82, 2.24) is 0 Å². The van der Waals surface area contributed by atoms with Gasteiger partial charge in [0.2, 0.25) is 0 Å². The van der Waals surface area contributed by atoms with E-state index in [0.29, 0.717) is 0 Å². The van der Waals surface area contributed by atoms with E-state index in [0.717, 1.165) is 11.8 Å². The third kappa shape index (κ3) is 4.71. The summed E-state index contributed by atoms with van der Waals surface area (Å²) < 4.78 is 15.0. The number of carbonyl (C=O) groups is 3. The molecule has 0 aliphatic carbocycles. The molecule has 0 bridgehead atoms. The zero-order valence-corrected chi connectivity index (χ0v) is 11.6. The number of rotatable bonds is 3. The van der Waals surface area contributed by atoms with Gasteiger partial charge < -0.3 is 19.3 Å². The van der Waals surface area contributed by atoms with E-state index in [1.165, 1.54) is 20.8 Å². The van der Waals surface area contributed by atoms with Gasteiger partial charge in [-0.3, -0.25) is 14.4 Å². The Morgan fingerprint density at radius 3 is 1.89 bits per heavy atom. The first kappa shape index (κ1) is 15.8. The van der Waals surface area contributed by atoms with Crippen LogP contribution in [0.4, 0.5) is 0 Å². The Hall–Kier alpha value is -1.28. The number of aliphatic hydroxyl groups is 1. The van der Waals surface area contributed by atoms with Crippen LogP contribution in [0, 0.1) is 0 Å². The second-order valence-electron chi connectivity index (χ2n) is 4.02. The van der Waals surface area contributed by atoms with Crippen molar-refractivity contribution < 1.29 is 33.7 Å². The molecule has 0 spiro atoms. The van der Waals surface area contributed by atoms with Gasteiger partial charge in [-0.2, -0.15) is 0 Å². The van der Waals surface area contributed by atoms with Crippen molar-refractivity contribution in [1.29, 1.82) is 0 Å². The number of ether oxygens (including phenoxy) is 3. The van der Waals surface area contributed by atoms with Crippen molar-refractivity contribution in [3.8, 4) is 0 Å². The molecule has 0 aromatic heterocycles. The summed E-state index contributed by atoms with van der Waals surface area (Å²) in [5.74, 6) is -1.53. The molecule has 1 aliphatic rings. The Morgan fingerprint density at radius 2 is 1.42 bits per heavy atom. The summed E-state index contributed by atoms with van der Waals surface area (Å²) in [5, 5.41) is 9.81. The SMILES string of the molecule is CC(=O)O[C@H]1[C@H](OC(C)=O)[C@@H](O)SC[C@@H]1OC(C)=O. The highest BCUT2D eigenvalue weighted by Gasteiger charge is 2.45. The lowest BCUT2D eigenvalue weighted by Crippen LogP contribution is -2.54. The molecule has 8 heteroatoms. The summed E-state index contributed by atoms with van der Waals surface area (Å²) in [4.78, 5) is 33.1. The van der Waals surface area contributed by atoms with Gasteiger partial charge in [0.1, 0.15) is 5.44 Å². The number of hydrogen-bond acceptors (Lipinski definition) is 8. The first-order valence-electron chi connectivity index (χ1n) is 5.62. The topological polar surface area (TPSA) is 99.1 Å². The number of aliphatic hydroxyl groups excluding tert-OH is 1. The third-order valence-electron chi connectivity index (χ3n) is 2.32. The number of thioether (sulfide) groups is 1. The molecule has 0 aromatic rings. The molecule has 1 aliphatic heterocycles. The maximum Gasteiger partial charge on any atom is 0.303 e. The van der Waals surface area contributed by atoms with E-state index >= 15 is 0 Å². The number of esters is 3. The van der Waals surface area contributed by atoms with E-state index in [1.54, 1.807) is 0 Å².